The van der Waals surface area contributed by atoms with Gasteiger partial charge in [-0.15, -0.1) is 11.3 Å². The topological polar surface area (TPSA) is 72.0 Å². The number of H-pyrrole nitrogens is 1. The molecule has 0 bridgehead atoms. The first-order valence-electron chi connectivity index (χ1n) is 7.21. The van der Waals surface area contributed by atoms with Crippen LogP contribution in [-0.2, 0) is 22.6 Å². The number of aryl methyl sites for hydroxylation is 2. The minimum absolute atomic E-state index is 0.0370. The zero-order valence-corrected chi connectivity index (χ0v) is 13.7. The molecule has 3 rings (SSSR count). The fourth-order valence-electron chi connectivity index (χ4n) is 2.27. The average molecular weight is 328 g/mol. The Morgan fingerprint density at radius 3 is 2.87 bits per heavy atom. The summed E-state index contributed by atoms with van der Waals surface area (Å²) in [4.78, 5) is 30.7. The zero-order chi connectivity index (χ0) is 16.4. The van der Waals surface area contributed by atoms with E-state index >= 15 is 0 Å². The Labute approximate surface area is 137 Å². The molecule has 5 nitrogen and oxygen atoms in total. The van der Waals surface area contributed by atoms with Gasteiger partial charge < -0.3 is 9.72 Å². The summed E-state index contributed by atoms with van der Waals surface area (Å²) in [7, 11) is 0. The molecule has 0 spiro atoms. The molecule has 0 radical (unpaired) electrons. The highest BCUT2D eigenvalue weighted by molar-refractivity contribution is 7.17. The summed E-state index contributed by atoms with van der Waals surface area (Å²) in [6, 6.07) is 7.66. The van der Waals surface area contributed by atoms with Crippen LogP contribution in [-0.4, -0.2) is 15.9 Å². The van der Waals surface area contributed by atoms with E-state index in [1.165, 1.54) is 16.9 Å². The van der Waals surface area contributed by atoms with Crippen molar-refractivity contribution < 1.29 is 9.53 Å². The molecule has 6 heteroatoms. The van der Waals surface area contributed by atoms with Gasteiger partial charge in [0, 0.05) is 0 Å². The molecule has 1 aromatic carbocycles. The largest absolute Gasteiger partial charge is 0.457 e. The number of esters is 1. The monoisotopic (exact) mass is 328 g/mol. The first-order chi connectivity index (χ1) is 11.0. The number of thiophene rings is 1. The van der Waals surface area contributed by atoms with Gasteiger partial charge in [0.15, 0.2) is 0 Å². The van der Waals surface area contributed by atoms with Gasteiger partial charge in [0.1, 0.15) is 17.1 Å². The number of hydrogen-bond donors (Lipinski definition) is 1. The summed E-state index contributed by atoms with van der Waals surface area (Å²) in [5, 5.41) is 1.81. The number of ether oxygens (including phenoxy) is 1. The van der Waals surface area contributed by atoms with E-state index in [0.29, 0.717) is 16.0 Å². The van der Waals surface area contributed by atoms with E-state index in [1.54, 1.807) is 6.07 Å². The summed E-state index contributed by atoms with van der Waals surface area (Å²) < 4.78 is 5.79. The van der Waals surface area contributed by atoms with Gasteiger partial charge in [-0.3, -0.25) is 9.59 Å². The molecule has 3 aromatic rings. The van der Waals surface area contributed by atoms with Crippen LogP contribution in [0.3, 0.4) is 0 Å². The number of fused-ring (bicyclic) bond motifs is 1. The van der Waals surface area contributed by atoms with E-state index < -0.39 is 0 Å². The maximum absolute atomic E-state index is 11.9. The third-order valence-corrected chi connectivity index (χ3v) is 4.56. The molecule has 0 aliphatic heterocycles. The number of nitrogens with zero attached hydrogens (tertiary/aromatic N) is 1. The van der Waals surface area contributed by atoms with Gasteiger partial charge in [0.05, 0.1) is 11.9 Å². The molecular formula is C17H16N2O3S. The summed E-state index contributed by atoms with van der Waals surface area (Å²) in [5.74, 6) is 0.00987. The van der Waals surface area contributed by atoms with Gasteiger partial charge in [-0.2, -0.15) is 0 Å². The number of aromatic nitrogens is 2. The number of carbonyl (C=O) groups is 1. The Kier molecular flexibility index (Phi) is 4.25. The van der Waals surface area contributed by atoms with Crippen molar-refractivity contribution in [2.45, 2.75) is 26.9 Å². The van der Waals surface area contributed by atoms with E-state index in [-0.39, 0.29) is 24.6 Å². The molecule has 0 saturated heterocycles. The van der Waals surface area contributed by atoms with Crippen LogP contribution in [0.5, 0.6) is 0 Å². The van der Waals surface area contributed by atoms with Gasteiger partial charge in [0.2, 0.25) is 0 Å². The van der Waals surface area contributed by atoms with Crippen molar-refractivity contribution in [3.05, 3.63) is 62.5 Å². The van der Waals surface area contributed by atoms with Crippen LogP contribution >= 0.6 is 11.3 Å². The number of carbonyl (C=O) groups excluding carboxylic acids is 1. The molecule has 0 aliphatic carbocycles. The average Bonchev–Trinajstić information content (AvgIpc) is 2.98. The van der Waals surface area contributed by atoms with Crippen LogP contribution < -0.4 is 5.56 Å². The third kappa shape index (κ3) is 3.48. The Morgan fingerprint density at radius 1 is 1.26 bits per heavy atom. The van der Waals surface area contributed by atoms with Gasteiger partial charge in [-0.1, -0.05) is 18.2 Å². The minimum Gasteiger partial charge on any atom is -0.457 e. The Hall–Kier alpha value is -2.47. The molecule has 0 amide bonds. The van der Waals surface area contributed by atoms with Crippen LogP contribution in [0, 0.1) is 13.8 Å². The predicted molar refractivity (Wildman–Crippen MR) is 89.7 cm³/mol. The number of rotatable bonds is 4. The second kappa shape index (κ2) is 6.34. The highest BCUT2D eigenvalue weighted by Gasteiger charge is 2.09. The smallest absolute Gasteiger partial charge is 0.310 e. The quantitative estimate of drug-likeness (QED) is 0.748. The molecule has 0 atom stereocenters. The lowest BCUT2D eigenvalue weighted by Gasteiger charge is -2.06. The Morgan fingerprint density at radius 2 is 2.09 bits per heavy atom. The van der Waals surface area contributed by atoms with Crippen LogP contribution in [0.15, 0.2) is 34.4 Å². The van der Waals surface area contributed by atoms with Crippen molar-refractivity contribution in [1.29, 1.82) is 0 Å². The molecule has 0 unspecified atom stereocenters. The first kappa shape index (κ1) is 15.4. The number of hydrogen-bond acceptors (Lipinski definition) is 5. The fourth-order valence-corrected chi connectivity index (χ4v) is 3.00. The molecule has 0 aliphatic rings. The van der Waals surface area contributed by atoms with Crippen molar-refractivity contribution >= 4 is 27.5 Å². The zero-order valence-electron chi connectivity index (χ0n) is 12.9. The van der Waals surface area contributed by atoms with Crippen molar-refractivity contribution in [3.63, 3.8) is 0 Å². The van der Waals surface area contributed by atoms with Crippen molar-refractivity contribution in [2.24, 2.45) is 0 Å². The van der Waals surface area contributed by atoms with Crippen LogP contribution in [0.4, 0.5) is 0 Å². The second-order valence-corrected chi connectivity index (χ2v) is 6.32. The highest BCUT2D eigenvalue weighted by atomic mass is 32.1. The van der Waals surface area contributed by atoms with Gasteiger partial charge >= 0.3 is 5.97 Å². The van der Waals surface area contributed by atoms with Crippen LogP contribution in [0.2, 0.25) is 0 Å². The molecule has 1 N–H and O–H groups in total. The summed E-state index contributed by atoms with van der Waals surface area (Å²) in [5.41, 5.74) is 3.66. The molecule has 0 saturated carbocycles. The van der Waals surface area contributed by atoms with E-state index in [9.17, 15) is 9.59 Å². The molecular weight excluding hydrogens is 312 g/mol. The Bertz CT molecular complexity index is 927. The van der Waals surface area contributed by atoms with E-state index in [0.717, 1.165) is 11.1 Å². The first-order valence-corrected chi connectivity index (χ1v) is 8.09. The van der Waals surface area contributed by atoms with E-state index in [2.05, 4.69) is 9.97 Å². The Balaban J connectivity index is 1.65. The van der Waals surface area contributed by atoms with Crippen molar-refractivity contribution in [1.82, 2.24) is 9.97 Å². The maximum atomic E-state index is 11.9. The number of aromatic amines is 1. The van der Waals surface area contributed by atoms with Crippen molar-refractivity contribution in [3.8, 4) is 0 Å². The standard InChI is InChI=1S/C17H16N2O3S/c1-10-3-4-12(7-11(10)2)8-15(20)22-9-14-18-13-5-6-23-16(13)17(21)19-14/h3-7H,8-9H2,1-2H3,(H,18,19,21). The van der Waals surface area contributed by atoms with E-state index in [1.807, 2.05) is 37.4 Å². The molecule has 118 valence electrons. The highest BCUT2D eigenvalue weighted by Crippen LogP contribution is 2.14. The lowest BCUT2D eigenvalue weighted by Crippen LogP contribution is -2.14. The summed E-state index contributed by atoms with van der Waals surface area (Å²) in [6.45, 7) is 4.00. The second-order valence-electron chi connectivity index (χ2n) is 5.40. The van der Waals surface area contributed by atoms with Gasteiger partial charge in [0.25, 0.3) is 5.56 Å². The minimum atomic E-state index is -0.346. The summed E-state index contributed by atoms with van der Waals surface area (Å²) in [6.07, 6.45) is 0.200. The molecule has 23 heavy (non-hydrogen) atoms. The summed E-state index contributed by atoms with van der Waals surface area (Å²) >= 11 is 1.34. The van der Waals surface area contributed by atoms with Gasteiger partial charge in [-0.05, 0) is 42.0 Å². The fraction of sp³-hybridized carbons (Fsp3) is 0.235. The van der Waals surface area contributed by atoms with Crippen LogP contribution in [0.1, 0.15) is 22.5 Å². The lowest BCUT2D eigenvalue weighted by atomic mass is 10.0. The predicted octanol–water partition coefficient (Wildman–Crippen LogP) is 2.89. The maximum Gasteiger partial charge on any atom is 0.310 e. The number of nitrogens with one attached hydrogen (secondary N) is 1. The SMILES string of the molecule is Cc1ccc(CC(=O)OCc2nc3ccsc3c(=O)[nH]2)cc1C. The molecule has 2 aromatic heterocycles. The normalized spacial score (nSPS) is 10.9. The lowest BCUT2D eigenvalue weighted by molar-refractivity contribution is -0.144. The van der Waals surface area contributed by atoms with E-state index in [4.69, 9.17) is 4.74 Å². The van der Waals surface area contributed by atoms with Crippen LogP contribution in [0.25, 0.3) is 10.2 Å². The third-order valence-electron chi connectivity index (χ3n) is 3.65. The van der Waals surface area contributed by atoms with Crippen molar-refractivity contribution in [2.75, 3.05) is 0 Å². The molecule has 2 heterocycles. The number of benzene rings is 1. The molecule has 0 fully saturated rings. The van der Waals surface area contributed by atoms with Gasteiger partial charge in [-0.25, -0.2) is 4.98 Å².